The fraction of sp³-hybridized carbons (Fsp3) is 0.250. The van der Waals surface area contributed by atoms with E-state index in [1.807, 2.05) is 0 Å². The van der Waals surface area contributed by atoms with Crippen molar-refractivity contribution in [1.82, 2.24) is 9.62 Å². The van der Waals surface area contributed by atoms with Gasteiger partial charge in [0.1, 0.15) is 0 Å². The minimum Gasteiger partial charge on any atom is -0.345 e. The van der Waals surface area contributed by atoms with E-state index in [9.17, 15) is 13.2 Å². The molecule has 0 aromatic heterocycles. The first-order chi connectivity index (χ1) is 8.38. The van der Waals surface area contributed by atoms with Crippen LogP contribution in [0.3, 0.4) is 0 Å². The number of hydrogen-bond donors (Lipinski definition) is 1. The summed E-state index contributed by atoms with van der Waals surface area (Å²) < 4.78 is 25.6. The van der Waals surface area contributed by atoms with Gasteiger partial charge in [-0.15, -0.1) is 6.42 Å². The molecule has 18 heavy (non-hydrogen) atoms. The van der Waals surface area contributed by atoms with Crippen molar-refractivity contribution in [2.45, 2.75) is 4.90 Å². The van der Waals surface area contributed by atoms with Crippen LogP contribution in [0.4, 0.5) is 0 Å². The molecule has 5 nitrogen and oxygen atoms in total. The summed E-state index contributed by atoms with van der Waals surface area (Å²) in [6.07, 6.45) is 4.98. The molecule has 6 heteroatoms. The number of carbonyl (C=O) groups is 1. The molecule has 1 N–H and O–H groups in total. The van der Waals surface area contributed by atoms with Crippen LogP contribution in [0.5, 0.6) is 0 Å². The zero-order chi connectivity index (χ0) is 13.8. The van der Waals surface area contributed by atoms with Crippen LogP contribution >= 0.6 is 0 Å². The molecule has 1 amide bonds. The Morgan fingerprint density at radius 3 is 2.33 bits per heavy atom. The van der Waals surface area contributed by atoms with Crippen LogP contribution in [0.25, 0.3) is 0 Å². The standard InChI is InChI=1S/C12H14N2O3S/c1-4-9-13-18(16,17)11-7-5-10(6-8-11)12(15)14(2)3/h1,5-8,13H,9H2,2-3H3. The van der Waals surface area contributed by atoms with Crippen molar-refractivity contribution in [2.24, 2.45) is 0 Å². The molecule has 96 valence electrons. The zero-order valence-electron chi connectivity index (χ0n) is 10.2. The quantitative estimate of drug-likeness (QED) is 0.797. The van der Waals surface area contributed by atoms with Crippen molar-refractivity contribution in [3.05, 3.63) is 29.8 Å². The van der Waals surface area contributed by atoms with Gasteiger partial charge in [0, 0.05) is 19.7 Å². The Hall–Kier alpha value is -1.84. The fourth-order valence-electron chi connectivity index (χ4n) is 1.25. The summed E-state index contributed by atoms with van der Waals surface area (Å²) in [5.74, 6) is 2.00. The van der Waals surface area contributed by atoms with Gasteiger partial charge in [-0.3, -0.25) is 4.79 Å². The number of amides is 1. The predicted octanol–water partition coefficient (Wildman–Crippen LogP) is 0.300. The molecule has 1 aromatic rings. The summed E-state index contributed by atoms with van der Waals surface area (Å²) in [4.78, 5) is 13.1. The van der Waals surface area contributed by atoms with E-state index in [1.165, 1.54) is 29.2 Å². The Bertz CT molecular complexity index is 568. The van der Waals surface area contributed by atoms with Gasteiger partial charge in [-0.25, -0.2) is 8.42 Å². The number of sulfonamides is 1. The fourth-order valence-corrected chi connectivity index (χ4v) is 2.19. The molecular weight excluding hydrogens is 252 g/mol. The summed E-state index contributed by atoms with van der Waals surface area (Å²) in [5.41, 5.74) is 0.427. The molecule has 0 aliphatic rings. The second-order valence-electron chi connectivity index (χ2n) is 3.75. The molecule has 0 bridgehead atoms. The van der Waals surface area contributed by atoms with Crippen LogP contribution in [0, 0.1) is 12.3 Å². The summed E-state index contributed by atoms with van der Waals surface area (Å²) in [6.45, 7) is -0.0687. The van der Waals surface area contributed by atoms with E-state index in [1.54, 1.807) is 14.1 Å². The third kappa shape index (κ3) is 3.32. The molecule has 0 saturated heterocycles. The Labute approximate surface area is 107 Å². The van der Waals surface area contributed by atoms with Crippen LogP contribution in [-0.2, 0) is 10.0 Å². The summed E-state index contributed by atoms with van der Waals surface area (Å²) in [5, 5.41) is 0. The Balaban J connectivity index is 2.97. The van der Waals surface area contributed by atoms with E-state index in [0.29, 0.717) is 5.56 Å². The van der Waals surface area contributed by atoms with Gasteiger partial charge in [-0.05, 0) is 24.3 Å². The lowest BCUT2D eigenvalue weighted by molar-refractivity contribution is 0.0827. The van der Waals surface area contributed by atoms with E-state index in [4.69, 9.17) is 6.42 Å². The van der Waals surface area contributed by atoms with Crippen LogP contribution < -0.4 is 4.72 Å². The molecule has 1 aromatic carbocycles. The maximum atomic E-state index is 11.7. The average molecular weight is 266 g/mol. The lowest BCUT2D eigenvalue weighted by atomic mass is 10.2. The second-order valence-corrected chi connectivity index (χ2v) is 5.52. The van der Waals surface area contributed by atoms with Gasteiger partial charge in [0.05, 0.1) is 11.4 Å². The lowest BCUT2D eigenvalue weighted by Gasteiger charge is -2.10. The van der Waals surface area contributed by atoms with E-state index >= 15 is 0 Å². The van der Waals surface area contributed by atoms with Gasteiger partial charge in [-0.2, -0.15) is 4.72 Å². The molecule has 0 aliphatic heterocycles. The highest BCUT2D eigenvalue weighted by Crippen LogP contribution is 2.11. The van der Waals surface area contributed by atoms with Gasteiger partial charge in [0.25, 0.3) is 5.91 Å². The molecular formula is C12H14N2O3S. The minimum atomic E-state index is -3.60. The topological polar surface area (TPSA) is 66.5 Å². The maximum absolute atomic E-state index is 11.7. The minimum absolute atomic E-state index is 0.0687. The maximum Gasteiger partial charge on any atom is 0.253 e. The van der Waals surface area contributed by atoms with Crippen LogP contribution in [-0.4, -0.2) is 39.9 Å². The SMILES string of the molecule is C#CCNS(=O)(=O)c1ccc(C(=O)N(C)C)cc1. The molecule has 0 heterocycles. The first-order valence-corrected chi connectivity index (χ1v) is 6.61. The summed E-state index contributed by atoms with van der Waals surface area (Å²) in [7, 11) is -0.350. The van der Waals surface area contributed by atoms with Crippen LogP contribution in [0.2, 0.25) is 0 Å². The normalized spacial score (nSPS) is 10.7. The largest absolute Gasteiger partial charge is 0.345 e. The van der Waals surface area contributed by atoms with Crippen molar-refractivity contribution in [3.8, 4) is 12.3 Å². The van der Waals surface area contributed by atoms with Crippen molar-refractivity contribution >= 4 is 15.9 Å². The van der Waals surface area contributed by atoms with Gasteiger partial charge in [0.15, 0.2) is 0 Å². The number of benzene rings is 1. The first kappa shape index (κ1) is 14.2. The molecule has 0 atom stereocenters. The van der Waals surface area contributed by atoms with Gasteiger partial charge < -0.3 is 4.90 Å². The van der Waals surface area contributed by atoms with E-state index in [-0.39, 0.29) is 17.3 Å². The zero-order valence-corrected chi connectivity index (χ0v) is 11.0. The van der Waals surface area contributed by atoms with E-state index in [2.05, 4.69) is 10.6 Å². The highest BCUT2D eigenvalue weighted by atomic mass is 32.2. The molecule has 0 radical (unpaired) electrons. The Morgan fingerprint density at radius 1 is 1.33 bits per heavy atom. The first-order valence-electron chi connectivity index (χ1n) is 5.13. The average Bonchev–Trinajstić information content (AvgIpc) is 2.35. The molecule has 0 fully saturated rings. The Kier molecular flexibility index (Phi) is 4.48. The highest BCUT2D eigenvalue weighted by molar-refractivity contribution is 7.89. The summed E-state index contributed by atoms with van der Waals surface area (Å²) >= 11 is 0. The third-order valence-corrected chi connectivity index (χ3v) is 3.60. The smallest absolute Gasteiger partial charge is 0.253 e. The number of carbonyl (C=O) groups excluding carboxylic acids is 1. The number of terminal acetylenes is 1. The Morgan fingerprint density at radius 2 is 1.89 bits per heavy atom. The van der Waals surface area contributed by atoms with Crippen molar-refractivity contribution in [2.75, 3.05) is 20.6 Å². The van der Waals surface area contributed by atoms with Gasteiger partial charge >= 0.3 is 0 Å². The number of nitrogens with one attached hydrogen (secondary N) is 1. The number of hydrogen-bond acceptors (Lipinski definition) is 3. The van der Waals surface area contributed by atoms with E-state index in [0.717, 1.165) is 0 Å². The van der Waals surface area contributed by atoms with Crippen molar-refractivity contribution < 1.29 is 13.2 Å². The monoisotopic (exact) mass is 266 g/mol. The molecule has 0 saturated carbocycles. The predicted molar refractivity (Wildman–Crippen MR) is 68.5 cm³/mol. The molecule has 0 spiro atoms. The van der Waals surface area contributed by atoms with Crippen LogP contribution in [0.15, 0.2) is 29.2 Å². The highest BCUT2D eigenvalue weighted by Gasteiger charge is 2.14. The number of nitrogens with zero attached hydrogens (tertiary/aromatic N) is 1. The number of rotatable bonds is 4. The lowest BCUT2D eigenvalue weighted by Crippen LogP contribution is -2.24. The second kappa shape index (κ2) is 5.67. The van der Waals surface area contributed by atoms with Crippen molar-refractivity contribution in [1.29, 1.82) is 0 Å². The third-order valence-electron chi connectivity index (χ3n) is 2.18. The molecule has 0 aliphatic carbocycles. The van der Waals surface area contributed by atoms with Gasteiger partial charge in [0.2, 0.25) is 10.0 Å². The van der Waals surface area contributed by atoms with Crippen molar-refractivity contribution in [3.63, 3.8) is 0 Å². The van der Waals surface area contributed by atoms with E-state index < -0.39 is 10.0 Å². The molecule has 1 rings (SSSR count). The molecule has 0 unspecified atom stereocenters. The van der Waals surface area contributed by atoms with Gasteiger partial charge in [-0.1, -0.05) is 5.92 Å². The summed E-state index contributed by atoms with van der Waals surface area (Å²) in [6, 6.07) is 5.67. The van der Waals surface area contributed by atoms with Crippen LogP contribution in [0.1, 0.15) is 10.4 Å².